The molecule has 0 aromatic heterocycles. The topological polar surface area (TPSA) is 24.1 Å². The molecule has 1 heterocycles. The summed E-state index contributed by atoms with van der Waals surface area (Å²) in [6.45, 7) is 7.67. The minimum absolute atomic E-state index is 0.280. The van der Waals surface area contributed by atoms with Gasteiger partial charge in [0.15, 0.2) is 0 Å². The molecule has 0 amide bonds. The molecule has 1 saturated heterocycles. The lowest BCUT2D eigenvalue weighted by atomic mass is 10.0. The Morgan fingerprint density at radius 1 is 1.40 bits per heavy atom. The van der Waals surface area contributed by atoms with Gasteiger partial charge in [-0.3, -0.25) is 0 Å². The van der Waals surface area contributed by atoms with Gasteiger partial charge in [0.2, 0.25) is 0 Å². The minimum Gasteiger partial charge on any atom is -0.315 e. The van der Waals surface area contributed by atoms with Crippen molar-refractivity contribution < 1.29 is 0 Å². The lowest BCUT2D eigenvalue weighted by Gasteiger charge is -2.25. The Hall–Kier alpha value is -0.860. The van der Waals surface area contributed by atoms with Gasteiger partial charge in [-0.2, -0.15) is 0 Å². The molecule has 1 atom stereocenters. The highest BCUT2D eigenvalue weighted by Crippen LogP contribution is 2.15. The Labute approximate surface area is 92.1 Å². The summed E-state index contributed by atoms with van der Waals surface area (Å²) in [5, 5.41) is 7.05. The van der Waals surface area contributed by atoms with Crippen LogP contribution in [0.4, 0.5) is 0 Å². The molecule has 1 aliphatic heterocycles. The average molecular weight is 204 g/mol. The zero-order valence-corrected chi connectivity index (χ0v) is 9.64. The third kappa shape index (κ3) is 2.58. The van der Waals surface area contributed by atoms with Crippen LogP contribution >= 0.6 is 0 Å². The van der Waals surface area contributed by atoms with Crippen LogP contribution in [0.15, 0.2) is 24.3 Å². The lowest BCUT2D eigenvalue weighted by molar-refractivity contribution is 0.385. The molecule has 82 valence electrons. The van der Waals surface area contributed by atoms with E-state index in [0.29, 0.717) is 0 Å². The van der Waals surface area contributed by atoms with Gasteiger partial charge in [0.05, 0.1) is 0 Å². The fourth-order valence-corrected chi connectivity index (χ4v) is 2.08. The smallest absolute Gasteiger partial charge is 0.0293 e. The number of nitrogens with one attached hydrogen (secondary N) is 2. The summed E-state index contributed by atoms with van der Waals surface area (Å²) in [4.78, 5) is 0. The first-order chi connectivity index (χ1) is 7.20. The maximum atomic E-state index is 3.65. The summed E-state index contributed by atoms with van der Waals surface area (Å²) in [5.41, 5.74) is 3.06. The summed E-state index contributed by atoms with van der Waals surface area (Å²) in [6, 6.07) is 8.58. The monoisotopic (exact) mass is 204 g/mol. The summed E-state index contributed by atoms with van der Waals surface area (Å²) in [7, 11) is 0. The first kappa shape index (κ1) is 10.7. The second-order valence-electron chi connectivity index (χ2n) is 4.77. The standard InChI is InChI=1S/C13H20N2/c1-11-5-3-4-6-12(11)9-15-13(2)7-8-14-10-13/h3-6,14-15H,7-10H2,1-2H3. The Kier molecular flexibility index (Phi) is 3.08. The molecule has 0 aliphatic carbocycles. The summed E-state index contributed by atoms with van der Waals surface area (Å²) >= 11 is 0. The molecule has 1 unspecified atom stereocenters. The second kappa shape index (κ2) is 4.33. The third-order valence-electron chi connectivity index (χ3n) is 3.34. The molecular weight excluding hydrogens is 184 g/mol. The largest absolute Gasteiger partial charge is 0.315 e. The van der Waals surface area contributed by atoms with Crippen LogP contribution in [0, 0.1) is 6.92 Å². The van der Waals surface area contributed by atoms with Gasteiger partial charge in [0.25, 0.3) is 0 Å². The molecular formula is C13H20N2. The quantitative estimate of drug-likeness (QED) is 0.785. The third-order valence-corrected chi connectivity index (χ3v) is 3.34. The normalized spacial score (nSPS) is 25.7. The summed E-state index contributed by atoms with van der Waals surface area (Å²) in [5.74, 6) is 0. The molecule has 2 nitrogen and oxygen atoms in total. The Bertz CT molecular complexity index is 327. The van der Waals surface area contributed by atoms with E-state index in [9.17, 15) is 0 Å². The maximum Gasteiger partial charge on any atom is 0.0293 e. The number of rotatable bonds is 3. The molecule has 1 fully saturated rings. The van der Waals surface area contributed by atoms with E-state index in [2.05, 4.69) is 48.7 Å². The number of hydrogen-bond acceptors (Lipinski definition) is 2. The van der Waals surface area contributed by atoms with Crippen molar-refractivity contribution in [2.75, 3.05) is 13.1 Å². The molecule has 2 N–H and O–H groups in total. The van der Waals surface area contributed by atoms with E-state index < -0.39 is 0 Å². The fraction of sp³-hybridized carbons (Fsp3) is 0.538. The minimum atomic E-state index is 0.280. The van der Waals surface area contributed by atoms with Crippen LogP contribution in [-0.4, -0.2) is 18.6 Å². The van der Waals surface area contributed by atoms with Crippen molar-refractivity contribution in [3.05, 3.63) is 35.4 Å². The molecule has 1 aromatic carbocycles. The van der Waals surface area contributed by atoms with Gasteiger partial charge in [-0.15, -0.1) is 0 Å². The zero-order valence-electron chi connectivity index (χ0n) is 9.64. The van der Waals surface area contributed by atoms with Crippen molar-refractivity contribution in [3.63, 3.8) is 0 Å². The second-order valence-corrected chi connectivity index (χ2v) is 4.77. The molecule has 0 spiro atoms. The highest BCUT2D eigenvalue weighted by atomic mass is 15.1. The number of benzene rings is 1. The molecule has 1 aliphatic rings. The van der Waals surface area contributed by atoms with E-state index in [-0.39, 0.29) is 5.54 Å². The summed E-state index contributed by atoms with van der Waals surface area (Å²) in [6.07, 6.45) is 1.22. The predicted octanol–water partition coefficient (Wildman–Crippen LogP) is 1.84. The van der Waals surface area contributed by atoms with Crippen LogP contribution in [0.1, 0.15) is 24.5 Å². The molecule has 0 bridgehead atoms. The van der Waals surface area contributed by atoms with Crippen molar-refractivity contribution in [2.24, 2.45) is 0 Å². The van der Waals surface area contributed by atoms with Crippen LogP contribution < -0.4 is 10.6 Å². The fourth-order valence-electron chi connectivity index (χ4n) is 2.08. The van der Waals surface area contributed by atoms with Crippen molar-refractivity contribution >= 4 is 0 Å². The molecule has 1 aromatic rings. The maximum absolute atomic E-state index is 3.65. The Morgan fingerprint density at radius 2 is 2.20 bits per heavy atom. The van der Waals surface area contributed by atoms with E-state index in [1.54, 1.807) is 0 Å². The Morgan fingerprint density at radius 3 is 2.87 bits per heavy atom. The first-order valence-corrected chi connectivity index (χ1v) is 5.70. The molecule has 0 saturated carbocycles. The van der Waals surface area contributed by atoms with E-state index >= 15 is 0 Å². The number of aryl methyl sites for hydroxylation is 1. The SMILES string of the molecule is Cc1ccccc1CNC1(C)CCNC1. The van der Waals surface area contributed by atoms with Crippen molar-refractivity contribution in [1.29, 1.82) is 0 Å². The van der Waals surface area contributed by atoms with E-state index in [1.807, 2.05) is 0 Å². The highest BCUT2D eigenvalue weighted by molar-refractivity contribution is 5.25. The van der Waals surface area contributed by atoms with E-state index in [1.165, 1.54) is 17.5 Å². The first-order valence-electron chi connectivity index (χ1n) is 5.70. The van der Waals surface area contributed by atoms with Crippen LogP contribution in [0.2, 0.25) is 0 Å². The van der Waals surface area contributed by atoms with Crippen LogP contribution in [-0.2, 0) is 6.54 Å². The van der Waals surface area contributed by atoms with Gasteiger partial charge in [-0.1, -0.05) is 24.3 Å². The van der Waals surface area contributed by atoms with Crippen molar-refractivity contribution in [2.45, 2.75) is 32.4 Å². The molecule has 2 rings (SSSR count). The molecule has 0 radical (unpaired) electrons. The highest BCUT2D eigenvalue weighted by Gasteiger charge is 2.27. The van der Waals surface area contributed by atoms with Crippen LogP contribution in [0.5, 0.6) is 0 Å². The Balaban J connectivity index is 1.95. The van der Waals surface area contributed by atoms with Gasteiger partial charge in [-0.25, -0.2) is 0 Å². The van der Waals surface area contributed by atoms with Gasteiger partial charge in [0.1, 0.15) is 0 Å². The molecule has 15 heavy (non-hydrogen) atoms. The zero-order chi connectivity index (χ0) is 10.7. The van der Waals surface area contributed by atoms with Crippen LogP contribution in [0.25, 0.3) is 0 Å². The van der Waals surface area contributed by atoms with Crippen molar-refractivity contribution in [3.8, 4) is 0 Å². The average Bonchev–Trinajstić information content (AvgIpc) is 2.65. The van der Waals surface area contributed by atoms with Crippen molar-refractivity contribution in [1.82, 2.24) is 10.6 Å². The summed E-state index contributed by atoms with van der Waals surface area (Å²) < 4.78 is 0. The lowest BCUT2D eigenvalue weighted by Crippen LogP contribution is -2.43. The van der Waals surface area contributed by atoms with E-state index in [4.69, 9.17) is 0 Å². The van der Waals surface area contributed by atoms with Gasteiger partial charge in [0, 0.05) is 18.6 Å². The molecule has 2 heteroatoms. The number of hydrogen-bond donors (Lipinski definition) is 2. The van der Waals surface area contributed by atoms with Gasteiger partial charge in [-0.05, 0) is 37.9 Å². The predicted molar refractivity (Wildman–Crippen MR) is 63.9 cm³/mol. The van der Waals surface area contributed by atoms with Gasteiger partial charge >= 0.3 is 0 Å². The van der Waals surface area contributed by atoms with Crippen LogP contribution in [0.3, 0.4) is 0 Å². The van der Waals surface area contributed by atoms with Gasteiger partial charge < -0.3 is 10.6 Å². The van der Waals surface area contributed by atoms with E-state index in [0.717, 1.165) is 19.6 Å².